The fourth-order valence-electron chi connectivity index (χ4n) is 6.34. The van der Waals surface area contributed by atoms with Gasteiger partial charge in [-0.2, -0.15) is 0 Å². The Kier molecular flexibility index (Phi) is 7.32. The van der Waals surface area contributed by atoms with E-state index in [4.69, 9.17) is 4.98 Å². The number of hydrogen-bond donors (Lipinski definition) is 1. The van der Waals surface area contributed by atoms with Crippen LogP contribution in [-0.2, 0) is 17.8 Å². The summed E-state index contributed by atoms with van der Waals surface area (Å²) in [5.74, 6) is 3.99. The van der Waals surface area contributed by atoms with E-state index in [0.717, 1.165) is 93.0 Å². The average molecular weight is 468 g/mol. The average Bonchev–Trinajstić information content (AvgIpc) is 3.02. The van der Waals surface area contributed by atoms with Crippen molar-refractivity contribution in [3.05, 3.63) is 12.2 Å². The summed E-state index contributed by atoms with van der Waals surface area (Å²) in [5, 5.41) is 3.21. The molecule has 8 heteroatoms. The Labute approximate surface area is 203 Å². The molecular formula is C26H41N7O. The molecule has 0 bridgehead atoms. The normalized spacial score (nSPS) is 24.7. The molecule has 3 aliphatic heterocycles. The van der Waals surface area contributed by atoms with Crippen LogP contribution in [0.15, 0.2) is 6.33 Å². The molecule has 8 nitrogen and oxygen atoms in total. The van der Waals surface area contributed by atoms with Gasteiger partial charge in [0.25, 0.3) is 0 Å². The Hall–Kier alpha value is -2.22. The van der Waals surface area contributed by atoms with Gasteiger partial charge in [-0.25, -0.2) is 15.0 Å². The number of aryl methyl sites for hydroxylation is 2. The molecule has 34 heavy (non-hydrogen) atoms. The van der Waals surface area contributed by atoms with Crippen LogP contribution in [0.2, 0.25) is 0 Å². The number of anilines is 1. The Morgan fingerprint density at radius 2 is 1.85 bits per heavy atom. The van der Waals surface area contributed by atoms with Crippen LogP contribution >= 0.6 is 0 Å². The monoisotopic (exact) mass is 467 g/mol. The van der Waals surface area contributed by atoms with Gasteiger partial charge in [0, 0.05) is 51.6 Å². The summed E-state index contributed by atoms with van der Waals surface area (Å²) in [6.45, 7) is 11.7. The third-order valence-electron chi connectivity index (χ3n) is 7.93. The number of hydrogen-bond acceptors (Lipinski definition) is 6. The zero-order valence-electron chi connectivity index (χ0n) is 21.0. The van der Waals surface area contributed by atoms with E-state index in [-0.39, 0.29) is 11.8 Å². The van der Waals surface area contributed by atoms with Gasteiger partial charge in [0.2, 0.25) is 5.91 Å². The van der Waals surface area contributed by atoms with Gasteiger partial charge in [0.15, 0.2) is 17.0 Å². The highest BCUT2D eigenvalue weighted by Crippen LogP contribution is 2.29. The summed E-state index contributed by atoms with van der Waals surface area (Å²) in [5.41, 5.74) is 1.91. The standard InChI is InChI=1S/C26H41N7O/c1-19-15-20(2)17-31(16-19)11-6-10-27-26(34)21-8-13-32(14-9-21)24-23-25(29-18-28-24)33-12-5-3-4-7-22(33)30-23/h18-21H,3-17H2,1-2H3,(H,27,34)/t19-,20-/m1/s1. The summed E-state index contributed by atoms with van der Waals surface area (Å²) >= 11 is 0. The van der Waals surface area contributed by atoms with Gasteiger partial charge in [-0.15, -0.1) is 0 Å². The maximum Gasteiger partial charge on any atom is 0.223 e. The lowest BCUT2D eigenvalue weighted by atomic mass is 9.92. The summed E-state index contributed by atoms with van der Waals surface area (Å²) in [4.78, 5) is 31.8. The molecule has 2 saturated heterocycles. The smallest absolute Gasteiger partial charge is 0.223 e. The van der Waals surface area contributed by atoms with E-state index in [0.29, 0.717) is 0 Å². The van der Waals surface area contributed by atoms with Crippen molar-refractivity contribution >= 4 is 22.9 Å². The van der Waals surface area contributed by atoms with Crippen LogP contribution in [-0.4, -0.2) is 69.6 Å². The molecular weight excluding hydrogens is 426 g/mol. The van der Waals surface area contributed by atoms with Crippen molar-refractivity contribution in [3.63, 3.8) is 0 Å². The molecule has 0 aromatic carbocycles. The van der Waals surface area contributed by atoms with Gasteiger partial charge in [0.05, 0.1) is 0 Å². The highest BCUT2D eigenvalue weighted by molar-refractivity contribution is 5.84. The van der Waals surface area contributed by atoms with Crippen molar-refractivity contribution < 1.29 is 4.79 Å². The third-order valence-corrected chi connectivity index (χ3v) is 7.93. The van der Waals surface area contributed by atoms with Crippen LogP contribution < -0.4 is 10.2 Å². The fourth-order valence-corrected chi connectivity index (χ4v) is 6.34. The van der Waals surface area contributed by atoms with Crippen molar-refractivity contribution in [2.24, 2.45) is 17.8 Å². The van der Waals surface area contributed by atoms with Crippen molar-refractivity contribution in [2.45, 2.75) is 71.8 Å². The lowest BCUT2D eigenvalue weighted by Gasteiger charge is -2.35. The van der Waals surface area contributed by atoms with E-state index in [1.807, 2.05) is 0 Å². The SMILES string of the molecule is C[C@@H]1C[C@@H](C)CN(CCCNC(=O)C2CCN(c3ncnc4c3nc3n4CCCCC3)CC2)C1. The molecule has 0 radical (unpaired) electrons. The zero-order valence-corrected chi connectivity index (χ0v) is 21.0. The van der Waals surface area contributed by atoms with Crippen LogP contribution in [0.25, 0.3) is 11.2 Å². The van der Waals surface area contributed by atoms with E-state index in [9.17, 15) is 4.79 Å². The van der Waals surface area contributed by atoms with Crippen LogP contribution in [0.3, 0.4) is 0 Å². The molecule has 186 valence electrons. The van der Waals surface area contributed by atoms with E-state index >= 15 is 0 Å². The highest BCUT2D eigenvalue weighted by atomic mass is 16.1. The first-order valence-electron chi connectivity index (χ1n) is 13.5. The Morgan fingerprint density at radius 3 is 2.65 bits per heavy atom. The first-order chi connectivity index (χ1) is 16.6. The summed E-state index contributed by atoms with van der Waals surface area (Å²) in [6, 6.07) is 0. The molecule has 2 aromatic heterocycles. The lowest BCUT2D eigenvalue weighted by Crippen LogP contribution is -2.42. The van der Waals surface area contributed by atoms with Gasteiger partial charge in [-0.05, 0) is 56.9 Å². The van der Waals surface area contributed by atoms with Gasteiger partial charge < -0.3 is 19.7 Å². The number of aromatic nitrogens is 4. The molecule has 0 aliphatic carbocycles. The second-order valence-corrected chi connectivity index (χ2v) is 11.0. The minimum absolute atomic E-state index is 0.0994. The van der Waals surface area contributed by atoms with Crippen molar-refractivity contribution in [1.82, 2.24) is 29.7 Å². The van der Waals surface area contributed by atoms with Gasteiger partial charge in [-0.3, -0.25) is 4.79 Å². The van der Waals surface area contributed by atoms with E-state index in [1.165, 1.54) is 38.8 Å². The molecule has 0 unspecified atom stereocenters. The zero-order chi connectivity index (χ0) is 23.5. The number of piperidine rings is 2. The molecule has 2 aromatic rings. The summed E-state index contributed by atoms with van der Waals surface area (Å²) in [7, 11) is 0. The molecule has 0 saturated carbocycles. The van der Waals surface area contributed by atoms with Crippen LogP contribution in [0, 0.1) is 17.8 Å². The number of carbonyl (C=O) groups is 1. The Balaban J connectivity index is 1.11. The second kappa shape index (κ2) is 10.6. The molecule has 1 amide bonds. The first-order valence-corrected chi connectivity index (χ1v) is 13.5. The lowest BCUT2D eigenvalue weighted by molar-refractivity contribution is -0.125. The number of carbonyl (C=O) groups excluding carboxylic acids is 1. The van der Waals surface area contributed by atoms with Gasteiger partial charge >= 0.3 is 0 Å². The quantitative estimate of drug-likeness (QED) is 0.657. The van der Waals surface area contributed by atoms with Crippen LogP contribution in [0.4, 0.5) is 5.82 Å². The highest BCUT2D eigenvalue weighted by Gasteiger charge is 2.28. The number of nitrogens with one attached hydrogen (secondary N) is 1. The molecule has 5 rings (SSSR count). The molecule has 5 heterocycles. The summed E-state index contributed by atoms with van der Waals surface area (Å²) in [6.07, 6.45) is 10.5. The van der Waals surface area contributed by atoms with E-state index in [1.54, 1.807) is 6.33 Å². The van der Waals surface area contributed by atoms with Gasteiger partial charge in [-0.1, -0.05) is 20.3 Å². The molecule has 3 aliphatic rings. The Morgan fingerprint density at radius 1 is 1.06 bits per heavy atom. The number of nitrogens with zero attached hydrogens (tertiary/aromatic N) is 6. The molecule has 1 N–H and O–H groups in total. The number of likely N-dealkylation sites (tertiary alicyclic amines) is 1. The van der Waals surface area contributed by atoms with Crippen molar-refractivity contribution in [1.29, 1.82) is 0 Å². The third kappa shape index (κ3) is 5.21. The Bertz CT molecular complexity index is 971. The first kappa shape index (κ1) is 23.5. The van der Waals surface area contributed by atoms with Gasteiger partial charge in [0.1, 0.15) is 12.2 Å². The van der Waals surface area contributed by atoms with Crippen molar-refractivity contribution in [3.8, 4) is 0 Å². The molecule has 2 atom stereocenters. The maximum absolute atomic E-state index is 12.8. The number of fused-ring (bicyclic) bond motifs is 3. The van der Waals surface area contributed by atoms with E-state index in [2.05, 4.69) is 43.5 Å². The van der Waals surface area contributed by atoms with Crippen molar-refractivity contribution in [2.75, 3.05) is 44.2 Å². The minimum Gasteiger partial charge on any atom is -0.356 e. The van der Waals surface area contributed by atoms with Crippen LogP contribution in [0.5, 0.6) is 0 Å². The maximum atomic E-state index is 12.8. The largest absolute Gasteiger partial charge is 0.356 e. The molecule has 0 spiro atoms. The molecule has 2 fully saturated rings. The number of imidazole rings is 1. The topological polar surface area (TPSA) is 79.2 Å². The summed E-state index contributed by atoms with van der Waals surface area (Å²) < 4.78 is 2.29. The second-order valence-electron chi connectivity index (χ2n) is 11.0. The fraction of sp³-hybridized carbons (Fsp3) is 0.769. The number of rotatable bonds is 6. The minimum atomic E-state index is 0.0994. The predicted octanol–water partition coefficient (Wildman–Crippen LogP) is 3.25. The van der Waals surface area contributed by atoms with E-state index < -0.39 is 0 Å². The number of amides is 1. The van der Waals surface area contributed by atoms with Crippen LogP contribution in [0.1, 0.15) is 64.6 Å². The predicted molar refractivity (Wildman–Crippen MR) is 135 cm³/mol.